The zero-order chi connectivity index (χ0) is 14.0. The van der Waals surface area contributed by atoms with Gasteiger partial charge in [0.1, 0.15) is 0 Å². The SMILES string of the molecule is CC(C)OCCS(=O)(=O)NCC(=O)NCCCN.Cl. The van der Waals surface area contributed by atoms with Crippen LogP contribution in [-0.4, -0.2) is 52.4 Å². The molecule has 9 heteroatoms. The third kappa shape index (κ3) is 13.8. The van der Waals surface area contributed by atoms with Gasteiger partial charge in [-0.1, -0.05) is 0 Å². The Morgan fingerprint density at radius 3 is 2.53 bits per heavy atom. The van der Waals surface area contributed by atoms with E-state index in [1.807, 2.05) is 13.8 Å². The van der Waals surface area contributed by atoms with E-state index < -0.39 is 10.0 Å². The first-order valence-electron chi connectivity index (χ1n) is 5.93. The molecular formula is C10H24ClN3O4S. The highest BCUT2D eigenvalue weighted by Gasteiger charge is 2.12. The number of carbonyl (C=O) groups excluding carboxylic acids is 1. The molecule has 0 fully saturated rings. The molecule has 0 saturated carbocycles. The zero-order valence-corrected chi connectivity index (χ0v) is 13.0. The summed E-state index contributed by atoms with van der Waals surface area (Å²) in [4.78, 5) is 11.2. The van der Waals surface area contributed by atoms with Gasteiger partial charge >= 0.3 is 0 Å². The molecule has 0 atom stereocenters. The number of amides is 1. The van der Waals surface area contributed by atoms with Crippen LogP contribution in [-0.2, 0) is 19.6 Å². The number of ether oxygens (including phenoxy) is 1. The fraction of sp³-hybridized carbons (Fsp3) is 0.900. The minimum atomic E-state index is -3.46. The van der Waals surface area contributed by atoms with E-state index in [2.05, 4.69) is 10.0 Å². The van der Waals surface area contributed by atoms with Crippen molar-refractivity contribution in [1.82, 2.24) is 10.0 Å². The van der Waals surface area contributed by atoms with E-state index in [1.165, 1.54) is 0 Å². The topological polar surface area (TPSA) is 111 Å². The Labute approximate surface area is 121 Å². The molecule has 7 nitrogen and oxygen atoms in total. The van der Waals surface area contributed by atoms with Crippen LogP contribution in [0.25, 0.3) is 0 Å². The summed E-state index contributed by atoms with van der Waals surface area (Å²) in [5.41, 5.74) is 5.26. The second-order valence-electron chi connectivity index (χ2n) is 4.05. The zero-order valence-electron chi connectivity index (χ0n) is 11.3. The molecule has 0 bridgehead atoms. The minimum absolute atomic E-state index is 0. The second kappa shape index (κ2) is 11.4. The Hall–Kier alpha value is -0.410. The molecule has 0 saturated heterocycles. The van der Waals surface area contributed by atoms with Gasteiger partial charge in [-0.2, -0.15) is 0 Å². The monoisotopic (exact) mass is 317 g/mol. The molecule has 0 spiro atoms. The molecule has 0 aromatic rings. The maximum atomic E-state index is 11.5. The van der Waals surface area contributed by atoms with E-state index in [1.54, 1.807) is 0 Å². The number of hydrogen-bond acceptors (Lipinski definition) is 5. The van der Waals surface area contributed by atoms with E-state index in [0.29, 0.717) is 19.5 Å². The van der Waals surface area contributed by atoms with Crippen molar-refractivity contribution in [3.05, 3.63) is 0 Å². The molecule has 19 heavy (non-hydrogen) atoms. The number of rotatable bonds is 10. The molecule has 0 heterocycles. The van der Waals surface area contributed by atoms with Gasteiger partial charge in [-0.25, -0.2) is 13.1 Å². The largest absolute Gasteiger partial charge is 0.378 e. The summed E-state index contributed by atoms with van der Waals surface area (Å²) in [7, 11) is -3.46. The van der Waals surface area contributed by atoms with Crippen molar-refractivity contribution in [2.45, 2.75) is 26.4 Å². The number of nitrogens with one attached hydrogen (secondary N) is 2. The third-order valence-corrected chi connectivity index (χ3v) is 3.25. The lowest BCUT2D eigenvalue weighted by Gasteiger charge is -2.09. The Balaban J connectivity index is 0. The number of sulfonamides is 1. The van der Waals surface area contributed by atoms with Crippen molar-refractivity contribution in [1.29, 1.82) is 0 Å². The molecule has 0 unspecified atom stereocenters. The van der Waals surface area contributed by atoms with Gasteiger partial charge in [-0.15, -0.1) is 12.4 Å². The van der Waals surface area contributed by atoms with Crippen molar-refractivity contribution in [2.24, 2.45) is 5.73 Å². The molecule has 1 amide bonds. The molecule has 0 aliphatic heterocycles. The summed E-state index contributed by atoms with van der Waals surface area (Å²) in [6.45, 7) is 4.44. The molecule has 0 rings (SSSR count). The molecular weight excluding hydrogens is 294 g/mol. The second-order valence-corrected chi connectivity index (χ2v) is 5.98. The van der Waals surface area contributed by atoms with E-state index in [4.69, 9.17) is 10.5 Å². The normalized spacial score (nSPS) is 11.2. The number of nitrogens with two attached hydrogens (primary N) is 1. The van der Waals surface area contributed by atoms with E-state index in [9.17, 15) is 13.2 Å². The lowest BCUT2D eigenvalue weighted by Crippen LogP contribution is -2.39. The number of hydrogen-bond donors (Lipinski definition) is 3. The van der Waals surface area contributed by atoms with Gasteiger partial charge in [0.25, 0.3) is 0 Å². The predicted octanol–water partition coefficient (Wildman–Crippen LogP) is -0.782. The molecule has 0 aliphatic carbocycles. The third-order valence-electron chi connectivity index (χ3n) is 1.96. The van der Waals surface area contributed by atoms with Crippen LogP contribution < -0.4 is 15.8 Å². The van der Waals surface area contributed by atoms with Crippen LogP contribution in [0.3, 0.4) is 0 Å². The predicted molar refractivity (Wildman–Crippen MR) is 76.8 cm³/mol. The molecule has 0 aromatic carbocycles. The Morgan fingerprint density at radius 1 is 1.37 bits per heavy atom. The highest BCUT2D eigenvalue weighted by molar-refractivity contribution is 7.89. The summed E-state index contributed by atoms with van der Waals surface area (Å²) in [6, 6.07) is 0. The van der Waals surface area contributed by atoms with Gasteiger partial charge in [-0.05, 0) is 26.8 Å². The standard InChI is InChI=1S/C10H23N3O4S.ClH/c1-9(2)17-6-7-18(15,16)13-8-10(14)12-5-3-4-11;/h9,13H,3-8,11H2,1-2H3,(H,12,14);1H. The van der Waals surface area contributed by atoms with Crippen molar-refractivity contribution in [3.63, 3.8) is 0 Å². The van der Waals surface area contributed by atoms with Crippen molar-refractivity contribution in [2.75, 3.05) is 32.0 Å². The maximum Gasteiger partial charge on any atom is 0.235 e. The summed E-state index contributed by atoms with van der Waals surface area (Å²) >= 11 is 0. The lowest BCUT2D eigenvalue weighted by molar-refractivity contribution is -0.119. The smallest absolute Gasteiger partial charge is 0.235 e. The van der Waals surface area contributed by atoms with E-state index >= 15 is 0 Å². The van der Waals surface area contributed by atoms with Gasteiger partial charge in [-0.3, -0.25) is 4.79 Å². The van der Waals surface area contributed by atoms with Crippen LogP contribution in [0.2, 0.25) is 0 Å². The van der Waals surface area contributed by atoms with E-state index in [-0.39, 0.29) is 43.3 Å². The minimum Gasteiger partial charge on any atom is -0.378 e. The first kappa shape index (κ1) is 20.9. The number of halogens is 1. The quantitative estimate of drug-likeness (QED) is 0.458. The van der Waals surface area contributed by atoms with Crippen molar-refractivity contribution < 1.29 is 17.9 Å². The van der Waals surface area contributed by atoms with Crippen LogP contribution >= 0.6 is 12.4 Å². The average Bonchev–Trinajstić information content (AvgIpc) is 2.26. The van der Waals surface area contributed by atoms with Gasteiger partial charge in [0.2, 0.25) is 15.9 Å². The van der Waals surface area contributed by atoms with Crippen LogP contribution in [0.15, 0.2) is 0 Å². The Kier molecular flexibility index (Phi) is 12.6. The van der Waals surface area contributed by atoms with Crippen molar-refractivity contribution >= 4 is 28.3 Å². The summed E-state index contributed by atoms with van der Waals surface area (Å²) in [5.74, 6) is -0.516. The first-order chi connectivity index (χ1) is 8.37. The fourth-order valence-electron chi connectivity index (χ4n) is 1.03. The fourth-order valence-corrected chi connectivity index (χ4v) is 1.84. The number of carbonyl (C=O) groups is 1. The summed E-state index contributed by atoms with van der Waals surface area (Å²) in [5, 5.41) is 2.55. The average molecular weight is 318 g/mol. The highest BCUT2D eigenvalue weighted by atomic mass is 35.5. The highest BCUT2D eigenvalue weighted by Crippen LogP contribution is 1.90. The van der Waals surface area contributed by atoms with Crippen LogP contribution in [0, 0.1) is 0 Å². The summed E-state index contributed by atoms with van der Waals surface area (Å²) in [6.07, 6.45) is 0.653. The van der Waals surface area contributed by atoms with Crippen LogP contribution in [0.5, 0.6) is 0 Å². The van der Waals surface area contributed by atoms with Gasteiger partial charge in [0.05, 0.1) is 25.0 Å². The molecule has 0 aliphatic rings. The van der Waals surface area contributed by atoms with E-state index in [0.717, 1.165) is 0 Å². The molecule has 4 N–H and O–H groups in total. The van der Waals surface area contributed by atoms with Gasteiger partial charge < -0.3 is 15.8 Å². The van der Waals surface area contributed by atoms with Crippen molar-refractivity contribution in [3.8, 4) is 0 Å². The molecule has 0 aromatic heterocycles. The van der Waals surface area contributed by atoms with Gasteiger partial charge in [0.15, 0.2) is 0 Å². The molecule has 0 radical (unpaired) electrons. The molecule has 116 valence electrons. The van der Waals surface area contributed by atoms with Crippen LogP contribution in [0.1, 0.15) is 20.3 Å². The lowest BCUT2D eigenvalue weighted by atomic mass is 10.4. The van der Waals surface area contributed by atoms with Gasteiger partial charge in [0, 0.05) is 6.54 Å². The Morgan fingerprint density at radius 2 is 2.00 bits per heavy atom. The Bertz CT molecular complexity index is 336. The summed E-state index contributed by atoms with van der Waals surface area (Å²) < 4.78 is 30.2. The van der Waals surface area contributed by atoms with Crippen LogP contribution in [0.4, 0.5) is 0 Å². The maximum absolute atomic E-state index is 11.5. The first-order valence-corrected chi connectivity index (χ1v) is 7.58.